The molecule has 5 nitrogen and oxygen atoms in total. The van der Waals surface area contributed by atoms with E-state index in [1.807, 2.05) is 54.6 Å². The van der Waals surface area contributed by atoms with E-state index in [0.29, 0.717) is 5.89 Å². The number of hydrogen-bond acceptors (Lipinski definition) is 5. The fourth-order valence-electron chi connectivity index (χ4n) is 8.08. The van der Waals surface area contributed by atoms with E-state index in [2.05, 4.69) is 126 Å². The van der Waals surface area contributed by atoms with Crippen LogP contribution in [0, 0.1) is 0 Å². The molecule has 0 saturated heterocycles. The monoisotopic (exact) mass is 696 g/mol. The van der Waals surface area contributed by atoms with Gasteiger partial charge in [0.25, 0.3) is 0 Å². The van der Waals surface area contributed by atoms with Crippen LogP contribution in [-0.4, -0.2) is 11.0 Å². The van der Waals surface area contributed by atoms with Gasteiger partial charge in [0.05, 0.1) is 11.4 Å². The van der Waals surface area contributed by atoms with E-state index in [9.17, 15) is 0 Å². The number of fused-ring (bicyclic) bond motifs is 8. The highest BCUT2D eigenvalue weighted by Gasteiger charge is 2.24. The number of furan rings is 2. The van der Waals surface area contributed by atoms with Crippen LogP contribution in [0.25, 0.3) is 89.9 Å². The lowest BCUT2D eigenvalue weighted by Gasteiger charge is -2.34. The largest absolute Gasteiger partial charge is 0.456 e. The van der Waals surface area contributed by atoms with Crippen LogP contribution in [0.5, 0.6) is 0 Å². The number of benzene rings is 7. The third-order valence-corrected chi connectivity index (χ3v) is 10.6. The molecular formula is C49H32N2O3. The second kappa shape index (κ2) is 12.2. The molecule has 1 aliphatic carbocycles. The summed E-state index contributed by atoms with van der Waals surface area (Å²) in [5.41, 5.74) is 12.7. The maximum atomic E-state index is 6.43. The van der Waals surface area contributed by atoms with E-state index in [0.717, 1.165) is 83.9 Å². The van der Waals surface area contributed by atoms with E-state index >= 15 is 0 Å². The van der Waals surface area contributed by atoms with Gasteiger partial charge in [0.15, 0.2) is 5.58 Å². The van der Waals surface area contributed by atoms with Gasteiger partial charge < -0.3 is 18.2 Å². The quantitative estimate of drug-likeness (QED) is 0.173. The highest BCUT2D eigenvalue weighted by molar-refractivity contribution is 6.16. The van der Waals surface area contributed by atoms with Crippen LogP contribution < -0.4 is 15.5 Å². The molecule has 1 atom stereocenters. The van der Waals surface area contributed by atoms with Crippen molar-refractivity contribution < 1.29 is 13.3 Å². The molecule has 10 aromatic rings. The summed E-state index contributed by atoms with van der Waals surface area (Å²) in [6.45, 7) is 0. The summed E-state index contributed by atoms with van der Waals surface area (Å²) < 4.78 is 19.2. The number of oxazole rings is 1. The molecule has 0 N–H and O–H groups in total. The molecule has 0 bridgehead atoms. The Balaban J connectivity index is 0.997. The first-order valence-corrected chi connectivity index (χ1v) is 18.3. The standard InChI is InChI=1S/C49H32N2O3/c1-3-11-32(12-4-1)37-15-7-9-17-42(37)51(36-24-26-39-38-16-8-10-18-43(38)52-46(39)30-36)35-22-19-31(20-23-35)34-21-25-40-45(29-34)53-44-28-27-41-48(47(40)44)54-49(50-41)33-13-5-2-6-14-33/h1-23,25-30,36H,24H2. The molecule has 1 aliphatic rings. The number of aromatic nitrogens is 1. The van der Waals surface area contributed by atoms with Crippen LogP contribution in [0.15, 0.2) is 177 Å². The molecule has 7 aromatic carbocycles. The average Bonchev–Trinajstić information content (AvgIpc) is 3.95. The zero-order chi connectivity index (χ0) is 35.6. The van der Waals surface area contributed by atoms with Crippen molar-refractivity contribution in [2.75, 3.05) is 4.90 Å². The zero-order valence-corrected chi connectivity index (χ0v) is 29.1. The first kappa shape index (κ1) is 30.5. The van der Waals surface area contributed by atoms with Crippen LogP contribution >= 0.6 is 0 Å². The van der Waals surface area contributed by atoms with Crippen LogP contribution in [-0.2, 0) is 0 Å². The Bertz CT molecular complexity index is 3140. The van der Waals surface area contributed by atoms with Crippen molar-refractivity contribution in [2.45, 2.75) is 12.5 Å². The number of rotatable bonds is 6. The number of para-hydroxylation sites is 2. The first-order chi connectivity index (χ1) is 26.7. The molecule has 3 heterocycles. The predicted molar refractivity (Wildman–Crippen MR) is 219 cm³/mol. The lowest BCUT2D eigenvalue weighted by molar-refractivity contribution is 0.568. The van der Waals surface area contributed by atoms with E-state index < -0.39 is 0 Å². The van der Waals surface area contributed by atoms with Gasteiger partial charge in [0.1, 0.15) is 27.7 Å². The minimum Gasteiger partial charge on any atom is -0.456 e. The minimum absolute atomic E-state index is 0.0380. The molecule has 0 fully saturated rings. The maximum Gasteiger partial charge on any atom is 0.227 e. The smallest absolute Gasteiger partial charge is 0.227 e. The molecule has 5 heteroatoms. The van der Waals surface area contributed by atoms with Gasteiger partial charge in [-0.15, -0.1) is 0 Å². The molecule has 1 unspecified atom stereocenters. The van der Waals surface area contributed by atoms with E-state index in [4.69, 9.17) is 18.2 Å². The lowest BCUT2D eigenvalue weighted by atomic mass is 9.98. The molecular weight excluding hydrogens is 665 g/mol. The average molecular weight is 697 g/mol. The Morgan fingerprint density at radius 2 is 1.28 bits per heavy atom. The highest BCUT2D eigenvalue weighted by Crippen LogP contribution is 2.41. The summed E-state index contributed by atoms with van der Waals surface area (Å²) >= 11 is 0. The lowest BCUT2D eigenvalue weighted by Crippen LogP contribution is -2.36. The molecule has 11 rings (SSSR count). The Morgan fingerprint density at radius 3 is 2.13 bits per heavy atom. The van der Waals surface area contributed by atoms with Crippen molar-refractivity contribution >= 4 is 67.5 Å². The van der Waals surface area contributed by atoms with Gasteiger partial charge >= 0.3 is 0 Å². The SMILES string of the molecule is C1=c2oc3ccccc3c2=CCC1N(c1ccc(-c2ccc3c(c2)oc2ccc4nc(-c5ccccc5)oc4c23)cc1)c1ccccc1-c1ccccc1. The number of hydrogen-bond donors (Lipinski definition) is 0. The van der Waals surface area contributed by atoms with Crippen LogP contribution in [0.2, 0.25) is 0 Å². The summed E-state index contributed by atoms with van der Waals surface area (Å²) in [6.07, 6.45) is 5.46. The van der Waals surface area contributed by atoms with E-state index in [1.54, 1.807) is 0 Å². The Labute approximate surface area is 310 Å². The van der Waals surface area contributed by atoms with Crippen LogP contribution in [0.1, 0.15) is 6.42 Å². The summed E-state index contributed by atoms with van der Waals surface area (Å²) in [4.78, 5) is 7.24. The molecule has 0 saturated carbocycles. The first-order valence-electron chi connectivity index (χ1n) is 18.3. The minimum atomic E-state index is 0.0380. The van der Waals surface area contributed by atoms with Gasteiger partial charge in [-0.1, -0.05) is 109 Å². The van der Waals surface area contributed by atoms with Crippen LogP contribution in [0.4, 0.5) is 11.4 Å². The van der Waals surface area contributed by atoms with Gasteiger partial charge in [-0.2, -0.15) is 0 Å². The van der Waals surface area contributed by atoms with Gasteiger partial charge in [-0.05, 0) is 89.9 Å². The van der Waals surface area contributed by atoms with Crippen molar-refractivity contribution in [3.05, 3.63) is 174 Å². The molecule has 256 valence electrons. The van der Waals surface area contributed by atoms with Gasteiger partial charge in [0.2, 0.25) is 5.89 Å². The second-order valence-corrected chi connectivity index (χ2v) is 13.8. The number of anilines is 2. The second-order valence-electron chi connectivity index (χ2n) is 13.8. The zero-order valence-electron chi connectivity index (χ0n) is 29.1. The Hall–Kier alpha value is -7.11. The summed E-state index contributed by atoms with van der Waals surface area (Å²) in [5.74, 6) is 0.603. The third-order valence-electron chi connectivity index (χ3n) is 10.6. The van der Waals surface area contributed by atoms with Gasteiger partial charge in [-0.3, -0.25) is 0 Å². The topological polar surface area (TPSA) is 55.6 Å². The molecule has 0 amide bonds. The molecule has 0 aliphatic heterocycles. The highest BCUT2D eigenvalue weighted by atomic mass is 16.4. The van der Waals surface area contributed by atoms with Gasteiger partial charge in [-0.25, -0.2) is 4.98 Å². The Morgan fingerprint density at radius 1 is 0.537 bits per heavy atom. The van der Waals surface area contributed by atoms with E-state index in [-0.39, 0.29) is 6.04 Å². The summed E-state index contributed by atoms with van der Waals surface area (Å²) in [7, 11) is 0. The van der Waals surface area contributed by atoms with Gasteiger partial charge in [0, 0.05) is 38.5 Å². The summed E-state index contributed by atoms with van der Waals surface area (Å²) in [6, 6.07) is 56.9. The van der Waals surface area contributed by atoms with Crippen molar-refractivity contribution in [2.24, 2.45) is 0 Å². The maximum absolute atomic E-state index is 6.43. The summed E-state index contributed by atoms with van der Waals surface area (Å²) in [5, 5.41) is 4.28. The fraction of sp³-hybridized carbons (Fsp3) is 0.0408. The number of nitrogens with zero attached hydrogens (tertiary/aromatic N) is 2. The van der Waals surface area contributed by atoms with Crippen molar-refractivity contribution in [1.29, 1.82) is 0 Å². The molecule has 0 radical (unpaired) electrons. The molecule has 3 aromatic heterocycles. The van der Waals surface area contributed by atoms with Crippen molar-refractivity contribution in [3.8, 4) is 33.7 Å². The Kier molecular flexibility index (Phi) is 6.92. The fourth-order valence-corrected chi connectivity index (χ4v) is 8.08. The normalized spacial score (nSPS) is 14.0. The van der Waals surface area contributed by atoms with Crippen LogP contribution in [0.3, 0.4) is 0 Å². The van der Waals surface area contributed by atoms with Crippen molar-refractivity contribution in [1.82, 2.24) is 4.98 Å². The molecule has 0 spiro atoms. The third kappa shape index (κ3) is 4.97. The van der Waals surface area contributed by atoms with E-state index in [1.165, 1.54) is 16.3 Å². The van der Waals surface area contributed by atoms with Crippen molar-refractivity contribution in [3.63, 3.8) is 0 Å². The predicted octanol–water partition coefficient (Wildman–Crippen LogP) is 11.6. The molecule has 54 heavy (non-hydrogen) atoms.